The number of carboxylic acid groups (broad SMARTS) is 1. The zero-order chi connectivity index (χ0) is 16.3. The van der Waals surface area contributed by atoms with E-state index in [4.69, 9.17) is 16.7 Å². The second kappa shape index (κ2) is 6.77. The van der Waals surface area contributed by atoms with Crippen molar-refractivity contribution in [2.24, 2.45) is 5.41 Å². The zero-order valence-electron chi connectivity index (χ0n) is 12.3. The largest absolute Gasteiger partial charge is 0.481 e. The van der Waals surface area contributed by atoms with Crippen molar-refractivity contribution < 1.29 is 18.3 Å². The van der Waals surface area contributed by atoms with E-state index in [-0.39, 0.29) is 16.7 Å². The molecular weight excluding hydrogens is 314 g/mol. The topological polar surface area (TPSA) is 83.5 Å². The molecule has 5 nitrogen and oxygen atoms in total. The Morgan fingerprint density at radius 2 is 2.00 bits per heavy atom. The number of rotatable bonds is 6. The molecule has 0 amide bonds. The molecule has 21 heavy (non-hydrogen) atoms. The number of aliphatic carboxylic acids is 1. The Balaban J connectivity index is 2.98. The van der Waals surface area contributed by atoms with Gasteiger partial charge in [-0.3, -0.25) is 4.79 Å². The molecule has 0 bridgehead atoms. The van der Waals surface area contributed by atoms with Crippen molar-refractivity contribution in [3.63, 3.8) is 0 Å². The number of carboxylic acids is 1. The van der Waals surface area contributed by atoms with Gasteiger partial charge in [0.1, 0.15) is 0 Å². The highest BCUT2D eigenvalue weighted by molar-refractivity contribution is 7.89. The SMILES string of the molecule is CC(C)(C)CC(CC(=O)O)NS(=O)(=O)c1cccc(Cl)c1. The van der Waals surface area contributed by atoms with E-state index in [1.807, 2.05) is 20.8 Å². The summed E-state index contributed by atoms with van der Waals surface area (Å²) >= 11 is 5.79. The summed E-state index contributed by atoms with van der Waals surface area (Å²) in [5.41, 5.74) is -0.197. The Morgan fingerprint density at radius 3 is 2.48 bits per heavy atom. The van der Waals surface area contributed by atoms with Crippen molar-refractivity contribution in [3.8, 4) is 0 Å². The number of hydrogen-bond donors (Lipinski definition) is 2. The number of hydrogen-bond acceptors (Lipinski definition) is 3. The lowest BCUT2D eigenvalue weighted by Gasteiger charge is -2.25. The van der Waals surface area contributed by atoms with Gasteiger partial charge in [-0.15, -0.1) is 0 Å². The van der Waals surface area contributed by atoms with Gasteiger partial charge in [-0.2, -0.15) is 0 Å². The molecule has 7 heteroatoms. The quantitative estimate of drug-likeness (QED) is 0.838. The molecule has 1 rings (SSSR count). The third kappa shape index (κ3) is 6.46. The monoisotopic (exact) mass is 333 g/mol. The number of halogens is 1. The van der Waals surface area contributed by atoms with E-state index in [9.17, 15) is 13.2 Å². The Hall–Kier alpha value is -1.11. The molecule has 0 fully saturated rings. The minimum atomic E-state index is -3.80. The minimum absolute atomic E-state index is 0.0271. The predicted molar refractivity (Wildman–Crippen MR) is 81.9 cm³/mol. The van der Waals surface area contributed by atoms with Gasteiger partial charge in [0.2, 0.25) is 10.0 Å². The van der Waals surface area contributed by atoms with Gasteiger partial charge in [-0.25, -0.2) is 13.1 Å². The van der Waals surface area contributed by atoms with Gasteiger partial charge in [-0.05, 0) is 30.0 Å². The van der Waals surface area contributed by atoms with Crippen molar-refractivity contribution in [3.05, 3.63) is 29.3 Å². The number of sulfonamides is 1. The fourth-order valence-corrected chi connectivity index (χ4v) is 3.56. The van der Waals surface area contributed by atoms with Gasteiger partial charge in [0.25, 0.3) is 0 Å². The second-order valence-electron chi connectivity index (χ2n) is 6.14. The molecule has 0 aliphatic carbocycles. The van der Waals surface area contributed by atoms with E-state index in [0.717, 1.165) is 0 Å². The maximum absolute atomic E-state index is 12.3. The first-order valence-electron chi connectivity index (χ1n) is 6.49. The van der Waals surface area contributed by atoms with Crippen molar-refractivity contribution in [1.82, 2.24) is 4.72 Å². The van der Waals surface area contributed by atoms with E-state index < -0.39 is 22.0 Å². The third-order valence-electron chi connectivity index (χ3n) is 2.71. The van der Waals surface area contributed by atoms with Crippen LogP contribution in [0.2, 0.25) is 5.02 Å². The minimum Gasteiger partial charge on any atom is -0.481 e. The lowest BCUT2D eigenvalue weighted by Crippen LogP contribution is -2.39. The average molecular weight is 334 g/mol. The van der Waals surface area contributed by atoms with Gasteiger partial charge >= 0.3 is 5.97 Å². The van der Waals surface area contributed by atoms with E-state index in [1.54, 1.807) is 6.07 Å². The van der Waals surface area contributed by atoms with Crippen LogP contribution in [0.5, 0.6) is 0 Å². The molecule has 1 aromatic carbocycles. The smallest absolute Gasteiger partial charge is 0.304 e. The Morgan fingerprint density at radius 1 is 1.38 bits per heavy atom. The van der Waals surface area contributed by atoms with Gasteiger partial charge in [0, 0.05) is 11.1 Å². The first-order valence-corrected chi connectivity index (χ1v) is 8.35. The van der Waals surface area contributed by atoms with Crippen LogP contribution >= 0.6 is 11.6 Å². The summed E-state index contributed by atoms with van der Waals surface area (Å²) < 4.78 is 27.1. The van der Waals surface area contributed by atoms with Gasteiger partial charge in [-0.1, -0.05) is 38.4 Å². The highest BCUT2D eigenvalue weighted by atomic mass is 35.5. The van der Waals surface area contributed by atoms with Crippen LogP contribution in [0.4, 0.5) is 0 Å². The Labute approximate surface area is 130 Å². The second-order valence-corrected chi connectivity index (χ2v) is 8.29. The van der Waals surface area contributed by atoms with Crippen LogP contribution in [0, 0.1) is 5.41 Å². The predicted octanol–water partition coefficient (Wildman–Crippen LogP) is 2.90. The summed E-state index contributed by atoms with van der Waals surface area (Å²) in [7, 11) is -3.80. The molecule has 1 aromatic rings. The van der Waals surface area contributed by atoms with Crippen LogP contribution in [-0.4, -0.2) is 25.5 Å². The summed E-state index contributed by atoms with van der Waals surface area (Å²) in [6, 6.07) is 5.19. The van der Waals surface area contributed by atoms with E-state index in [1.165, 1.54) is 18.2 Å². The van der Waals surface area contributed by atoms with Crippen LogP contribution in [0.15, 0.2) is 29.2 Å². The normalized spacial score (nSPS) is 13.9. The van der Waals surface area contributed by atoms with Crippen LogP contribution in [0.3, 0.4) is 0 Å². The molecule has 0 radical (unpaired) electrons. The molecule has 1 unspecified atom stereocenters. The molecule has 0 saturated carbocycles. The van der Waals surface area contributed by atoms with Crippen LogP contribution in [0.1, 0.15) is 33.6 Å². The van der Waals surface area contributed by atoms with E-state index >= 15 is 0 Å². The molecule has 118 valence electrons. The molecule has 1 atom stereocenters. The van der Waals surface area contributed by atoms with Crippen LogP contribution in [-0.2, 0) is 14.8 Å². The zero-order valence-corrected chi connectivity index (χ0v) is 13.8. The first-order chi connectivity index (χ1) is 9.49. The summed E-state index contributed by atoms with van der Waals surface area (Å²) in [5, 5.41) is 9.25. The molecule has 0 aliphatic rings. The molecule has 0 aromatic heterocycles. The maximum atomic E-state index is 12.3. The average Bonchev–Trinajstić information content (AvgIpc) is 2.24. The van der Waals surface area contributed by atoms with Crippen LogP contribution < -0.4 is 4.72 Å². The molecule has 2 N–H and O–H groups in total. The van der Waals surface area contributed by atoms with Crippen molar-refractivity contribution in [2.45, 2.75) is 44.6 Å². The highest BCUT2D eigenvalue weighted by Crippen LogP contribution is 2.24. The number of benzene rings is 1. The molecule has 0 heterocycles. The summed E-state index contributed by atoms with van der Waals surface area (Å²) in [6.45, 7) is 5.78. The molecular formula is C14H20ClNO4S. The van der Waals surface area contributed by atoms with E-state index in [2.05, 4.69) is 4.72 Å². The first kappa shape index (κ1) is 17.9. The standard InChI is InChI=1S/C14H20ClNO4S/c1-14(2,3)9-11(8-13(17)18)16-21(19,20)12-6-4-5-10(15)7-12/h4-7,11,16H,8-9H2,1-3H3,(H,17,18). The summed E-state index contributed by atoms with van der Waals surface area (Å²) in [6.07, 6.45) is 0.149. The summed E-state index contributed by atoms with van der Waals surface area (Å²) in [5.74, 6) is -1.04. The van der Waals surface area contributed by atoms with Gasteiger partial charge in [0.15, 0.2) is 0 Å². The Kier molecular flexibility index (Phi) is 5.78. The molecule has 0 saturated heterocycles. The maximum Gasteiger partial charge on any atom is 0.304 e. The number of nitrogens with one attached hydrogen (secondary N) is 1. The number of carbonyl (C=O) groups is 1. The lowest BCUT2D eigenvalue weighted by molar-refractivity contribution is -0.137. The van der Waals surface area contributed by atoms with Crippen molar-refractivity contribution >= 4 is 27.6 Å². The van der Waals surface area contributed by atoms with Gasteiger partial charge in [0.05, 0.1) is 11.3 Å². The lowest BCUT2D eigenvalue weighted by atomic mass is 9.87. The molecule has 0 aliphatic heterocycles. The van der Waals surface area contributed by atoms with Crippen molar-refractivity contribution in [2.75, 3.05) is 0 Å². The molecule has 0 spiro atoms. The fourth-order valence-electron chi connectivity index (χ4n) is 2.03. The highest BCUT2D eigenvalue weighted by Gasteiger charge is 2.26. The van der Waals surface area contributed by atoms with Crippen LogP contribution in [0.25, 0.3) is 0 Å². The third-order valence-corrected chi connectivity index (χ3v) is 4.46. The van der Waals surface area contributed by atoms with E-state index in [0.29, 0.717) is 11.4 Å². The summed E-state index contributed by atoms with van der Waals surface area (Å²) in [4.78, 5) is 10.9. The fraction of sp³-hybridized carbons (Fsp3) is 0.500. The Bertz CT molecular complexity index is 608. The van der Waals surface area contributed by atoms with Gasteiger partial charge < -0.3 is 5.11 Å². The van der Waals surface area contributed by atoms with Crippen molar-refractivity contribution in [1.29, 1.82) is 0 Å².